The van der Waals surface area contributed by atoms with Gasteiger partial charge >= 0.3 is 5.97 Å². The monoisotopic (exact) mass is 478 g/mol. The van der Waals surface area contributed by atoms with E-state index in [0.717, 1.165) is 47.1 Å². The third-order valence-electron chi connectivity index (χ3n) is 7.51. The highest BCUT2D eigenvalue weighted by atomic mass is 16.6. The summed E-state index contributed by atoms with van der Waals surface area (Å²) in [6.07, 6.45) is 0.975. The summed E-state index contributed by atoms with van der Waals surface area (Å²) in [5.41, 5.74) is 6.59. The topological polar surface area (TPSA) is 101 Å². The Hall–Kier alpha value is -2.81. The smallest absolute Gasteiger partial charge is 0.304 e. The largest absolute Gasteiger partial charge is 0.481 e. The maximum atomic E-state index is 11.9. The van der Waals surface area contributed by atoms with E-state index >= 15 is 0 Å². The highest BCUT2D eigenvalue weighted by Crippen LogP contribution is 2.48. The zero-order valence-corrected chi connectivity index (χ0v) is 21.0. The van der Waals surface area contributed by atoms with Crippen LogP contribution in [-0.4, -0.2) is 54.6 Å². The number of ether oxygens (including phenoxy) is 1. The van der Waals surface area contributed by atoms with E-state index in [4.69, 9.17) is 4.74 Å². The van der Waals surface area contributed by atoms with E-state index in [1.807, 2.05) is 46.9 Å². The number of aliphatic hydroxyl groups is 1. The first kappa shape index (κ1) is 23.9. The van der Waals surface area contributed by atoms with Gasteiger partial charge in [-0.1, -0.05) is 29.5 Å². The first-order valence-electron chi connectivity index (χ1n) is 12.3. The molecule has 4 atom stereocenters. The molecule has 0 amide bonds. The summed E-state index contributed by atoms with van der Waals surface area (Å²) < 4.78 is 7.62. The third-order valence-corrected chi connectivity index (χ3v) is 7.51. The van der Waals surface area contributed by atoms with Gasteiger partial charge in [0.15, 0.2) is 0 Å². The van der Waals surface area contributed by atoms with E-state index in [9.17, 15) is 15.0 Å². The van der Waals surface area contributed by atoms with Crippen molar-refractivity contribution in [2.75, 3.05) is 6.54 Å². The summed E-state index contributed by atoms with van der Waals surface area (Å²) in [6, 6.07) is 10.4. The van der Waals surface area contributed by atoms with Crippen molar-refractivity contribution in [3.05, 3.63) is 58.1 Å². The average molecular weight is 479 g/mol. The van der Waals surface area contributed by atoms with E-state index in [1.54, 1.807) is 4.68 Å². The second kappa shape index (κ2) is 8.69. The number of fused-ring (bicyclic) bond motifs is 4. The number of rotatable bonds is 6. The number of carboxylic acids is 1. The van der Waals surface area contributed by atoms with Crippen molar-refractivity contribution in [2.45, 2.75) is 70.9 Å². The molecule has 3 aromatic rings. The molecule has 1 aliphatic carbocycles. The van der Waals surface area contributed by atoms with Gasteiger partial charge in [0, 0.05) is 25.6 Å². The van der Waals surface area contributed by atoms with Crippen molar-refractivity contribution in [2.24, 2.45) is 13.0 Å². The fourth-order valence-electron chi connectivity index (χ4n) is 5.94. The molecule has 5 rings (SSSR count). The van der Waals surface area contributed by atoms with Crippen LogP contribution < -0.4 is 0 Å². The minimum absolute atomic E-state index is 0.0149. The molecule has 186 valence electrons. The van der Waals surface area contributed by atoms with Crippen LogP contribution in [0, 0.1) is 12.8 Å². The van der Waals surface area contributed by atoms with Gasteiger partial charge in [0.1, 0.15) is 5.52 Å². The van der Waals surface area contributed by atoms with Gasteiger partial charge in [-0.15, -0.1) is 5.10 Å². The van der Waals surface area contributed by atoms with Crippen molar-refractivity contribution < 1.29 is 19.7 Å². The molecule has 1 saturated heterocycles. The molecular weight excluding hydrogens is 444 g/mol. The van der Waals surface area contributed by atoms with Crippen LogP contribution in [0.2, 0.25) is 0 Å². The molecule has 2 N–H and O–H groups in total. The number of likely N-dealkylation sites (tertiary alicyclic amines) is 1. The van der Waals surface area contributed by atoms with Crippen LogP contribution >= 0.6 is 0 Å². The summed E-state index contributed by atoms with van der Waals surface area (Å²) in [5, 5.41) is 29.1. The Morgan fingerprint density at radius 1 is 1.26 bits per heavy atom. The molecule has 0 spiro atoms. The van der Waals surface area contributed by atoms with Crippen LogP contribution in [0.25, 0.3) is 11.0 Å². The quantitative estimate of drug-likeness (QED) is 0.518. The molecule has 0 bridgehead atoms. The lowest BCUT2D eigenvalue weighted by molar-refractivity contribution is -0.243. The van der Waals surface area contributed by atoms with E-state index in [2.05, 4.69) is 33.4 Å². The second-order valence-electron chi connectivity index (χ2n) is 11.0. The number of hydrogen-bond acceptors (Lipinski definition) is 6. The molecule has 2 aromatic carbocycles. The first-order chi connectivity index (χ1) is 16.5. The maximum absolute atomic E-state index is 11.9. The Bertz CT molecular complexity index is 1280. The molecular formula is C27H34N4O4. The van der Waals surface area contributed by atoms with Gasteiger partial charge in [-0.2, -0.15) is 0 Å². The van der Waals surface area contributed by atoms with E-state index in [0.29, 0.717) is 5.92 Å². The van der Waals surface area contributed by atoms with Crippen molar-refractivity contribution >= 4 is 17.0 Å². The fraction of sp³-hybridized carbons (Fsp3) is 0.519. The van der Waals surface area contributed by atoms with Gasteiger partial charge in [0.2, 0.25) is 6.41 Å². The number of nitrogens with zero attached hydrogens (tertiary/aromatic N) is 4. The summed E-state index contributed by atoms with van der Waals surface area (Å²) in [5.74, 6) is -0.730. The van der Waals surface area contributed by atoms with Crippen LogP contribution in [-0.2, 0) is 23.0 Å². The average Bonchev–Trinajstić information content (AvgIpc) is 3.45. The van der Waals surface area contributed by atoms with Crippen molar-refractivity contribution in [1.82, 2.24) is 19.9 Å². The van der Waals surface area contributed by atoms with Crippen molar-refractivity contribution in [1.29, 1.82) is 0 Å². The molecule has 4 unspecified atom stereocenters. The Labute approximate surface area is 205 Å². The van der Waals surface area contributed by atoms with Crippen LogP contribution in [0.1, 0.15) is 73.4 Å². The van der Waals surface area contributed by atoms with Gasteiger partial charge in [-0.25, -0.2) is 9.58 Å². The predicted octanol–water partition coefficient (Wildman–Crippen LogP) is 3.89. The van der Waals surface area contributed by atoms with Crippen LogP contribution in [0.4, 0.5) is 0 Å². The Balaban J connectivity index is 1.54. The molecule has 2 aliphatic rings. The second-order valence-corrected chi connectivity index (χ2v) is 11.0. The normalized spacial score (nSPS) is 21.8. The summed E-state index contributed by atoms with van der Waals surface area (Å²) in [6.45, 7) is 8.59. The lowest BCUT2D eigenvalue weighted by atomic mass is 9.84. The Morgan fingerprint density at radius 2 is 2.03 bits per heavy atom. The third kappa shape index (κ3) is 4.35. The molecule has 0 radical (unpaired) electrons. The first-order valence-corrected chi connectivity index (χ1v) is 12.3. The van der Waals surface area contributed by atoms with E-state index < -0.39 is 18.0 Å². The fourth-order valence-corrected chi connectivity index (χ4v) is 5.94. The van der Waals surface area contributed by atoms with Gasteiger partial charge in [0.25, 0.3) is 0 Å². The SMILES string of the molecule is Cc1c(C(CC(=O)O)c2ccc3c(c2)C2C(CCN2C(O)OC(C)(C)C)C3)ccc2c1nnn2C. The molecule has 1 aliphatic heterocycles. The number of aliphatic hydroxyl groups excluding tert-OH is 1. The molecule has 8 nitrogen and oxygen atoms in total. The van der Waals surface area contributed by atoms with Crippen molar-refractivity contribution in [3.63, 3.8) is 0 Å². The lowest BCUT2D eigenvalue weighted by Gasteiger charge is -2.34. The molecule has 0 saturated carbocycles. The number of carboxylic acid groups (broad SMARTS) is 1. The number of carbonyl (C=O) groups is 1. The van der Waals surface area contributed by atoms with Crippen LogP contribution in [0.15, 0.2) is 30.3 Å². The highest BCUT2D eigenvalue weighted by molar-refractivity contribution is 5.80. The summed E-state index contributed by atoms with van der Waals surface area (Å²) in [4.78, 5) is 14.0. The number of aromatic nitrogens is 3. The molecule has 35 heavy (non-hydrogen) atoms. The Kier molecular flexibility index (Phi) is 5.94. The van der Waals surface area contributed by atoms with E-state index in [-0.39, 0.29) is 18.4 Å². The predicted molar refractivity (Wildman–Crippen MR) is 132 cm³/mol. The minimum Gasteiger partial charge on any atom is -0.481 e. The van der Waals surface area contributed by atoms with Crippen LogP contribution in [0.3, 0.4) is 0 Å². The highest BCUT2D eigenvalue weighted by Gasteiger charge is 2.45. The Morgan fingerprint density at radius 3 is 2.74 bits per heavy atom. The standard InChI is InChI=1S/C27H34N4O4/c1-15-19(8-9-22-24(15)28-29-30(22)5)20(14-23(32)33)17-7-6-16-12-18-10-11-31(25(18)21(16)13-17)26(34)35-27(2,3)4/h6-9,13,18,20,25-26,34H,10-12,14H2,1-5H3,(H,32,33). The zero-order valence-electron chi connectivity index (χ0n) is 21.0. The maximum Gasteiger partial charge on any atom is 0.304 e. The van der Waals surface area contributed by atoms with Gasteiger partial charge in [0.05, 0.1) is 17.5 Å². The summed E-state index contributed by atoms with van der Waals surface area (Å²) >= 11 is 0. The number of benzene rings is 2. The molecule has 1 fully saturated rings. The minimum atomic E-state index is -0.976. The van der Waals surface area contributed by atoms with E-state index in [1.165, 1.54) is 11.1 Å². The van der Waals surface area contributed by atoms with Crippen LogP contribution in [0.5, 0.6) is 0 Å². The van der Waals surface area contributed by atoms with Gasteiger partial charge in [-0.3, -0.25) is 4.79 Å². The molecule has 2 heterocycles. The van der Waals surface area contributed by atoms with Crippen molar-refractivity contribution in [3.8, 4) is 0 Å². The van der Waals surface area contributed by atoms with Gasteiger partial charge in [-0.05, 0) is 80.3 Å². The number of aliphatic carboxylic acids is 1. The summed E-state index contributed by atoms with van der Waals surface area (Å²) in [7, 11) is 1.85. The number of aryl methyl sites for hydroxylation is 2. The molecule has 1 aromatic heterocycles. The van der Waals surface area contributed by atoms with Gasteiger partial charge < -0.3 is 14.9 Å². The zero-order chi connectivity index (χ0) is 25.1. The number of hydrogen-bond donors (Lipinski definition) is 2. The molecule has 8 heteroatoms. The lowest BCUT2D eigenvalue weighted by Crippen LogP contribution is -2.41.